The van der Waals surface area contributed by atoms with E-state index in [1.807, 2.05) is 12.1 Å². The minimum atomic E-state index is -0.827. The van der Waals surface area contributed by atoms with Gasteiger partial charge in [0.15, 0.2) is 0 Å². The predicted molar refractivity (Wildman–Crippen MR) is 56.8 cm³/mol. The molecule has 0 aliphatic carbocycles. The number of hydrogen-bond acceptors (Lipinski definition) is 1. The summed E-state index contributed by atoms with van der Waals surface area (Å²) < 4.78 is 11.9. The molecule has 0 heterocycles. The maximum absolute atomic E-state index is 11.9. The van der Waals surface area contributed by atoms with Crippen LogP contribution in [0.3, 0.4) is 0 Å². The van der Waals surface area contributed by atoms with Gasteiger partial charge < -0.3 is 5.11 Å². The van der Waals surface area contributed by atoms with Crippen molar-refractivity contribution >= 4 is 5.97 Å². The van der Waals surface area contributed by atoms with Gasteiger partial charge >= 0.3 is 5.97 Å². The highest BCUT2D eigenvalue weighted by Crippen LogP contribution is 2.16. The molecule has 3 heteroatoms. The minimum absolute atomic E-state index is 0.312. The third-order valence-corrected chi connectivity index (χ3v) is 2.45. The molecule has 82 valence electrons. The van der Waals surface area contributed by atoms with Gasteiger partial charge in [-0.2, -0.15) is 0 Å². The number of benzene rings is 1. The summed E-state index contributed by atoms with van der Waals surface area (Å²) in [5.41, 5.74) is 1.83. The number of aliphatic carboxylic acids is 1. The molecule has 1 aromatic carbocycles. The molecule has 0 aromatic heterocycles. The largest absolute Gasteiger partial charge is 0.481 e. The van der Waals surface area contributed by atoms with Crippen molar-refractivity contribution in [3.8, 4) is 0 Å². The Morgan fingerprint density at radius 1 is 1.40 bits per heavy atom. The number of aryl methyl sites for hydroxylation is 1. The van der Waals surface area contributed by atoms with E-state index in [4.69, 9.17) is 5.11 Å². The van der Waals surface area contributed by atoms with Gasteiger partial charge in [-0.05, 0) is 30.9 Å². The first kappa shape index (κ1) is 11.7. The van der Waals surface area contributed by atoms with Crippen LogP contribution in [0.1, 0.15) is 30.4 Å². The number of carbonyl (C=O) groups is 1. The molecule has 1 atom stereocenters. The zero-order chi connectivity index (χ0) is 11.3. The number of alkyl halides is 1. The van der Waals surface area contributed by atoms with E-state index in [9.17, 15) is 9.18 Å². The van der Waals surface area contributed by atoms with Crippen molar-refractivity contribution in [1.82, 2.24) is 0 Å². The van der Waals surface area contributed by atoms with E-state index >= 15 is 0 Å². The van der Waals surface area contributed by atoms with Crippen LogP contribution < -0.4 is 0 Å². The van der Waals surface area contributed by atoms with E-state index in [0.29, 0.717) is 12.8 Å². The summed E-state index contributed by atoms with van der Waals surface area (Å²) in [4.78, 5) is 10.7. The van der Waals surface area contributed by atoms with Gasteiger partial charge in [-0.3, -0.25) is 9.18 Å². The Balaban J connectivity index is 2.67. The fourth-order valence-electron chi connectivity index (χ4n) is 1.39. The minimum Gasteiger partial charge on any atom is -0.481 e. The van der Waals surface area contributed by atoms with E-state index in [-0.39, 0.29) is 6.67 Å². The molecule has 15 heavy (non-hydrogen) atoms. The normalized spacial score (nSPS) is 12.4. The summed E-state index contributed by atoms with van der Waals surface area (Å²) in [5.74, 6) is -1.31. The molecule has 0 radical (unpaired) electrons. The molecule has 0 bridgehead atoms. The summed E-state index contributed by atoms with van der Waals surface area (Å²) in [5, 5.41) is 8.80. The number of carboxylic acids is 1. The second-order valence-corrected chi connectivity index (χ2v) is 3.59. The molecule has 2 nitrogen and oxygen atoms in total. The summed E-state index contributed by atoms with van der Waals surface area (Å²) in [7, 11) is 0. The maximum Gasteiger partial charge on any atom is 0.310 e. The van der Waals surface area contributed by atoms with Crippen molar-refractivity contribution in [3.05, 3.63) is 35.4 Å². The Labute approximate surface area is 88.7 Å². The van der Waals surface area contributed by atoms with Gasteiger partial charge in [0, 0.05) is 0 Å². The molecule has 0 spiro atoms. The topological polar surface area (TPSA) is 37.3 Å². The van der Waals surface area contributed by atoms with Gasteiger partial charge in [0.2, 0.25) is 0 Å². The fourth-order valence-corrected chi connectivity index (χ4v) is 1.39. The van der Waals surface area contributed by atoms with Crippen molar-refractivity contribution < 1.29 is 14.3 Å². The Bertz CT molecular complexity index is 319. The highest BCUT2D eigenvalue weighted by molar-refractivity contribution is 5.75. The van der Waals surface area contributed by atoms with Crippen LogP contribution in [0.4, 0.5) is 4.39 Å². The van der Waals surface area contributed by atoms with Gasteiger partial charge in [-0.15, -0.1) is 0 Å². The first-order chi connectivity index (χ1) is 7.15. The van der Waals surface area contributed by atoms with Crippen molar-refractivity contribution in [3.63, 3.8) is 0 Å². The van der Waals surface area contributed by atoms with Gasteiger partial charge in [0.1, 0.15) is 0 Å². The number of rotatable bonds is 5. The Hall–Kier alpha value is -1.38. The molecule has 0 amide bonds. The van der Waals surface area contributed by atoms with E-state index in [0.717, 1.165) is 11.1 Å². The van der Waals surface area contributed by atoms with E-state index in [2.05, 4.69) is 0 Å². The molecule has 1 rings (SSSR count). The molecule has 0 aliphatic heterocycles. The van der Waals surface area contributed by atoms with E-state index < -0.39 is 11.9 Å². The molecule has 0 saturated carbocycles. The molecule has 0 aliphatic rings. The van der Waals surface area contributed by atoms with E-state index in [1.54, 1.807) is 19.1 Å². The lowest BCUT2D eigenvalue weighted by atomic mass is 9.99. The van der Waals surface area contributed by atoms with Crippen LogP contribution in [-0.2, 0) is 11.2 Å². The van der Waals surface area contributed by atoms with Gasteiger partial charge in [0.25, 0.3) is 0 Å². The third-order valence-electron chi connectivity index (χ3n) is 2.45. The van der Waals surface area contributed by atoms with Gasteiger partial charge in [-0.25, -0.2) is 0 Å². The highest BCUT2D eigenvalue weighted by Gasteiger charge is 2.12. The lowest BCUT2D eigenvalue weighted by Crippen LogP contribution is -2.07. The fraction of sp³-hybridized carbons (Fsp3) is 0.417. The van der Waals surface area contributed by atoms with Crippen LogP contribution in [0.5, 0.6) is 0 Å². The number of halogens is 1. The number of carboxylic acid groups (broad SMARTS) is 1. The highest BCUT2D eigenvalue weighted by atomic mass is 19.1. The second-order valence-electron chi connectivity index (χ2n) is 3.59. The van der Waals surface area contributed by atoms with Gasteiger partial charge in [0.05, 0.1) is 12.6 Å². The SMILES string of the molecule is CC(C(=O)O)c1ccc(CCCF)cc1. The Kier molecular flexibility index (Phi) is 4.28. The van der Waals surface area contributed by atoms with Crippen LogP contribution in [0.25, 0.3) is 0 Å². The predicted octanol–water partition coefficient (Wildman–Crippen LogP) is 2.78. The first-order valence-electron chi connectivity index (χ1n) is 5.02. The Morgan fingerprint density at radius 3 is 2.47 bits per heavy atom. The summed E-state index contributed by atoms with van der Waals surface area (Å²) in [6.07, 6.45) is 1.23. The smallest absolute Gasteiger partial charge is 0.310 e. The first-order valence-corrected chi connectivity index (χ1v) is 5.02. The standard InChI is InChI=1S/C12H15FO2/c1-9(12(14)15)11-6-4-10(5-7-11)3-2-8-13/h4-7,9H,2-3,8H2,1H3,(H,14,15). The van der Waals surface area contributed by atoms with Crippen LogP contribution in [-0.4, -0.2) is 17.8 Å². The monoisotopic (exact) mass is 210 g/mol. The molecular formula is C12H15FO2. The lowest BCUT2D eigenvalue weighted by molar-refractivity contribution is -0.138. The molecule has 0 saturated heterocycles. The average Bonchev–Trinajstić information content (AvgIpc) is 2.26. The van der Waals surface area contributed by atoms with Crippen molar-refractivity contribution in [2.45, 2.75) is 25.7 Å². The summed E-state index contributed by atoms with van der Waals surface area (Å²) >= 11 is 0. The molecule has 1 aromatic rings. The number of hydrogen-bond donors (Lipinski definition) is 1. The maximum atomic E-state index is 11.9. The zero-order valence-corrected chi connectivity index (χ0v) is 8.74. The van der Waals surface area contributed by atoms with Crippen molar-refractivity contribution in [1.29, 1.82) is 0 Å². The average molecular weight is 210 g/mol. The van der Waals surface area contributed by atoms with E-state index in [1.165, 1.54) is 0 Å². The van der Waals surface area contributed by atoms with Crippen molar-refractivity contribution in [2.24, 2.45) is 0 Å². The van der Waals surface area contributed by atoms with Crippen LogP contribution in [0, 0.1) is 0 Å². The van der Waals surface area contributed by atoms with Crippen LogP contribution in [0.15, 0.2) is 24.3 Å². The quantitative estimate of drug-likeness (QED) is 0.811. The summed E-state index contributed by atoms with van der Waals surface area (Å²) in [6.45, 7) is 1.34. The Morgan fingerprint density at radius 2 is 2.00 bits per heavy atom. The zero-order valence-electron chi connectivity index (χ0n) is 8.74. The molecule has 0 fully saturated rings. The second kappa shape index (κ2) is 5.49. The molecule has 1 N–H and O–H groups in total. The van der Waals surface area contributed by atoms with Crippen molar-refractivity contribution in [2.75, 3.05) is 6.67 Å². The summed E-state index contributed by atoms with van der Waals surface area (Å²) in [6, 6.07) is 7.33. The van der Waals surface area contributed by atoms with Crippen LogP contribution in [0.2, 0.25) is 0 Å². The third kappa shape index (κ3) is 3.35. The molecule has 1 unspecified atom stereocenters. The molecular weight excluding hydrogens is 195 g/mol. The van der Waals surface area contributed by atoms with Gasteiger partial charge in [-0.1, -0.05) is 24.3 Å². The lowest BCUT2D eigenvalue weighted by Gasteiger charge is -2.07. The van der Waals surface area contributed by atoms with Crippen LogP contribution >= 0.6 is 0 Å².